The van der Waals surface area contributed by atoms with Gasteiger partial charge in [-0.05, 0) is 51.6 Å². The Hall–Kier alpha value is -3.73. The van der Waals surface area contributed by atoms with E-state index in [1.807, 2.05) is 35.7 Å². The molecule has 2 nitrogen and oxygen atoms in total. The van der Waals surface area contributed by atoms with Gasteiger partial charge in [-0.25, -0.2) is 0 Å². The number of aryl methyl sites for hydroxylation is 1. The third-order valence-electron chi connectivity index (χ3n) is 8.15. The van der Waals surface area contributed by atoms with Crippen LogP contribution in [0.1, 0.15) is 30.9 Å². The Morgan fingerprint density at radius 1 is 0.783 bits per heavy atom. The Kier molecular flexibility index (Phi) is 10.5. The first-order valence-electron chi connectivity index (χ1n) is 15.5. The van der Waals surface area contributed by atoms with Gasteiger partial charge >= 0.3 is 0 Å². The van der Waals surface area contributed by atoms with Crippen LogP contribution in [0.4, 0.5) is 0 Å². The Morgan fingerprint density at radius 2 is 1.52 bits per heavy atom. The van der Waals surface area contributed by atoms with Gasteiger partial charge in [0.15, 0.2) is 0 Å². The standard InChI is InChI=1S/C26H20NS.C15H18NSi.Ir/c1-17(2)19-14-15-27-23(16-19)21-13-12-20(18-8-4-3-5-9-18)25-22-10-6-7-11-24(22)28-26(21)25;1-12-10-14(13-8-6-5-7-9-13)16-11-15(12)17(2,3)4;/h3-12,14-17H,1-2H3;5-8,10-11H,1-4H3;/q2*-1;. The van der Waals surface area contributed by atoms with E-state index in [0.717, 1.165) is 22.5 Å². The summed E-state index contributed by atoms with van der Waals surface area (Å²) in [6.07, 6.45) is 3.97. The van der Waals surface area contributed by atoms with E-state index in [1.165, 1.54) is 47.6 Å². The second-order valence-corrected chi connectivity index (χ2v) is 18.9. The summed E-state index contributed by atoms with van der Waals surface area (Å²) in [4.78, 5) is 9.27. The van der Waals surface area contributed by atoms with Crippen molar-refractivity contribution in [3.8, 4) is 33.6 Å². The molecular weight excluding hydrogens is 773 g/mol. The van der Waals surface area contributed by atoms with E-state index in [2.05, 4.69) is 149 Å². The zero-order valence-electron chi connectivity index (χ0n) is 27.2. The van der Waals surface area contributed by atoms with Crippen molar-refractivity contribution < 1.29 is 20.1 Å². The molecule has 46 heavy (non-hydrogen) atoms. The number of hydrogen-bond donors (Lipinski definition) is 0. The van der Waals surface area contributed by atoms with Crippen LogP contribution in [0.15, 0.2) is 116 Å². The van der Waals surface area contributed by atoms with Crippen molar-refractivity contribution in [3.05, 3.63) is 139 Å². The molecule has 3 aromatic heterocycles. The molecule has 0 aliphatic carbocycles. The van der Waals surface area contributed by atoms with E-state index in [1.54, 1.807) is 0 Å². The van der Waals surface area contributed by atoms with Crippen molar-refractivity contribution in [1.29, 1.82) is 0 Å². The maximum absolute atomic E-state index is 4.69. The molecule has 0 saturated carbocycles. The van der Waals surface area contributed by atoms with Crippen LogP contribution in [0, 0.1) is 19.1 Å². The zero-order chi connectivity index (χ0) is 31.6. The molecule has 0 amide bonds. The second kappa shape index (κ2) is 14.4. The summed E-state index contributed by atoms with van der Waals surface area (Å²) in [5, 5.41) is 4.05. The first kappa shape index (κ1) is 33.6. The number of hydrogen-bond acceptors (Lipinski definition) is 3. The van der Waals surface area contributed by atoms with Crippen molar-refractivity contribution in [2.24, 2.45) is 0 Å². The molecule has 0 N–H and O–H groups in total. The summed E-state index contributed by atoms with van der Waals surface area (Å²) >= 11 is 1.83. The summed E-state index contributed by atoms with van der Waals surface area (Å²) in [6.45, 7) is 13.7. The fourth-order valence-corrected chi connectivity index (χ4v) is 8.73. The van der Waals surface area contributed by atoms with Gasteiger partial charge in [-0.1, -0.05) is 122 Å². The minimum Gasteiger partial charge on any atom is -0.305 e. The molecule has 7 rings (SSSR count). The number of aromatic nitrogens is 2. The van der Waals surface area contributed by atoms with Crippen LogP contribution in [-0.4, -0.2) is 18.0 Å². The fourth-order valence-electron chi connectivity index (χ4n) is 5.79. The molecule has 3 heterocycles. The molecule has 0 bridgehead atoms. The quantitative estimate of drug-likeness (QED) is 0.128. The maximum Gasteiger partial charge on any atom is 0.0798 e. The van der Waals surface area contributed by atoms with Crippen LogP contribution in [0.5, 0.6) is 0 Å². The normalized spacial score (nSPS) is 11.3. The first-order chi connectivity index (χ1) is 21.7. The number of fused-ring (bicyclic) bond motifs is 3. The Labute approximate surface area is 292 Å². The molecule has 1 radical (unpaired) electrons. The average Bonchev–Trinajstić information content (AvgIpc) is 3.45. The minimum atomic E-state index is -1.27. The van der Waals surface area contributed by atoms with Crippen LogP contribution in [0.25, 0.3) is 53.8 Å². The molecular formula is C41H38IrN2SSi-2. The molecule has 5 heteroatoms. The summed E-state index contributed by atoms with van der Waals surface area (Å²) in [5.41, 5.74) is 9.30. The zero-order valence-corrected chi connectivity index (χ0v) is 31.4. The molecule has 7 aromatic rings. The molecule has 0 fully saturated rings. The van der Waals surface area contributed by atoms with E-state index in [4.69, 9.17) is 4.98 Å². The van der Waals surface area contributed by atoms with Gasteiger partial charge in [-0.3, -0.25) is 0 Å². The van der Waals surface area contributed by atoms with Crippen LogP contribution in [0.2, 0.25) is 19.6 Å². The van der Waals surface area contributed by atoms with Crippen molar-refractivity contribution in [1.82, 2.24) is 9.97 Å². The fraction of sp³-hybridized carbons (Fsp3) is 0.171. The predicted molar refractivity (Wildman–Crippen MR) is 197 cm³/mol. The van der Waals surface area contributed by atoms with Gasteiger partial charge in [0.1, 0.15) is 0 Å². The van der Waals surface area contributed by atoms with Gasteiger partial charge < -0.3 is 9.97 Å². The first-order valence-corrected chi connectivity index (χ1v) is 19.8. The molecule has 0 spiro atoms. The van der Waals surface area contributed by atoms with Gasteiger partial charge in [0.25, 0.3) is 0 Å². The van der Waals surface area contributed by atoms with Gasteiger partial charge in [-0.2, -0.15) is 11.3 Å². The van der Waals surface area contributed by atoms with Crippen LogP contribution >= 0.6 is 11.3 Å². The van der Waals surface area contributed by atoms with Crippen molar-refractivity contribution >= 4 is 44.8 Å². The smallest absolute Gasteiger partial charge is 0.0798 e. The summed E-state index contributed by atoms with van der Waals surface area (Å²) in [6, 6.07) is 42.7. The molecule has 0 aliphatic heterocycles. The van der Waals surface area contributed by atoms with E-state index < -0.39 is 8.07 Å². The Balaban J connectivity index is 0.000000200. The topological polar surface area (TPSA) is 25.8 Å². The molecule has 4 aromatic carbocycles. The number of rotatable bonds is 5. The number of nitrogens with zero attached hydrogens (tertiary/aromatic N) is 2. The molecule has 0 atom stereocenters. The van der Waals surface area contributed by atoms with Gasteiger partial charge in [0, 0.05) is 37.2 Å². The Bertz CT molecular complexity index is 2080. The second-order valence-electron chi connectivity index (χ2n) is 12.8. The molecule has 0 saturated heterocycles. The molecule has 0 unspecified atom stereocenters. The third-order valence-corrected chi connectivity index (χ3v) is 11.5. The van der Waals surface area contributed by atoms with Gasteiger partial charge in [-0.15, -0.1) is 53.6 Å². The van der Waals surface area contributed by atoms with Gasteiger partial charge in [0.2, 0.25) is 0 Å². The number of benzene rings is 4. The number of thiophene rings is 1. The largest absolute Gasteiger partial charge is 0.305 e. The predicted octanol–water partition coefficient (Wildman–Crippen LogP) is 11.1. The minimum absolute atomic E-state index is 0. The summed E-state index contributed by atoms with van der Waals surface area (Å²) in [5.74, 6) is 0.475. The Morgan fingerprint density at radius 3 is 2.22 bits per heavy atom. The van der Waals surface area contributed by atoms with E-state index in [-0.39, 0.29) is 20.1 Å². The van der Waals surface area contributed by atoms with Crippen molar-refractivity contribution in [3.63, 3.8) is 0 Å². The third kappa shape index (κ3) is 7.14. The van der Waals surface area contributed by atoms with Crippen LogP contribution in [-0.2, 0) is 20.1 Å². The summed E-state index contributed by atoms with van der Waals surface area (Å²) in [7, 11) is -1.27. The number of pyridine rings is 2. The van der Waals surface area contributed by atoms with Crippen molar-refractivity contribution in [2.75, 3.05) is 0 Å². The van der Waals surface area contributed by atoms with E-state index in [9.17, 15) is 0 Å². The summed E-state index contributed by atoms with van der Waals surface area (Å²) < 4.78 is 2.56. The average molecular weight is 811 g/mol. The van der Waals surface area contributed by atoms with Crippen molar-refractivity contribution in [2.45, 2.75) is 46.3 Å². The van der Waals surface area contributed by atoms with Gasteiger partial charge in [0.05, 0.1) is 8.07 Å². The van der Waals surface area contributed by atoms with Crippen LogP contribution in [0.3, 0.4) is 0 Å². The van der Waals surface area contributed by atoms with E-state index in [0.29, 0.717) is 5.92 Å². The van der Waals surface area contributed by atoms with E-state index >= 15 is 0 Å². The molecule has 0 aliphatic rings. The van der Waals surface area contributed by atoms with Crippen LogP contribution < -0.4 is 5.19 Å². The maximum atomic E-state index is 4.69. The monoisotopic (exact) mass is 811 g/mol. The molecule has 233 valence electrons. The SMILES string of the molecule is CC(C)c1ccnc(-c2[c-]cc(-c3ccccc3)c3c2sc2ccccc23)c1.Cc1cc(-c2[c-]cccc2)ncc1[Si](C)(C)C.[Ir].